The van der Waals surface area contributed by atoms with Crippen molar-refractivity contribution in [1.29, 1.82) is 0 Å². The molecule has 104 valence electrons. The van der Waals surface area contributed by atoms with Crippen molar-refractivity contribution in [2.45, 2.75) is 13.0 Å². The van der Waals surface area contributed by atoms with Crippen molar-refractivity contribution in [3.8, 4) is 11.5 Å². The van der Waals surface area contributed by atoms with E-state index in [1.54, 1.807) is 18.9 Å². The molecule has 0 spiro atoms. The molecule has 0 aromatic heterocycles. The first-order chi connectivity index (χ1) is 9.58. The van der Waals surface area contributed by atoms with Crippen LogP contribution in [0.4, 0.5) is 5.69 Å². The first-order valence-corrected chi connectivity index (χ1v) is 6.36. The highest BCUT2D eigenvalue weighted by Gasteiger charge is 2.16. The van der Waals surface area contributed by atoms with E-state index in [0.29, 0.717) is 0 Å². The van der Waals surface area contributed by atoms with Gasteiger partial charge in [0.1, 0.15) is 17.5 Å². The number of carboxylic acids is 1. The summed E-state index contributed by atoms with van der Waals surface area (Å²) in [6.45, 7) is 1.65. The van der Waals surface area contributed by atoms with Crippen molar-refractivity contribution < 1.29 is 14.6 Å². The van der Waals surface area contributed by atoms with Crippen LogP contribution in [0.5, 0.6) is 11.5 Å². The van der Waals surface area contributed by atoms with Gasteiger partial charge in [0.2, 0.25) is 0 Å². The Labute approximate surface area is 118 Å². The molecule has 2 rings (SSSR count). The van der Waals surface area contributed by atoms with Crippen LogP contribution in [-0.4, -0.2) is 24.2 Å². The number of hydrogen-bond acceptors (Lipinski definition) is 3. The van der Waals surface area contributed by atoms with Crippen molar-refractivity contribution in [1.82, 2.24) is 0 Å². The second-order valence-electron chi connectivity index (χ2n) is 4.53. The SMILES string of the molecule is C[C@H](C(=O)O)N(C)c1ccc(Oc2ccccc2)cc1. The Balaban J connectivity index is 2.08. The van der Waals surface area contributed by atoms with Gasteiger partial charge in [-0.05, 0) is 43.3 Å². The highest BCUT2D eigenvalue weighted by molar-refractivity contribution is 5.77. The van der Waals surface area contributed by atoms with Crippen LogP contribution in [0, 0.1) is 0 Å². The van der Waals surface area contributed by atoms with Crippen molar-refractivity contribution in [3.63, 3.8) is 0 Å². The number of carbonyl (C=O) groups is 1. The van der Waals surface area contributed by atoms with E-state index < -0.39 is 12.0 Å². The normalized spacial score (nSPS) is 11.7. The maximum Gasteiger partial charge on any atom is 0.326 e. The fourth-order valence-electron chi connectivity index (χ4n) is 1.76. The summed E-state index contributed by atoms with van der Waals surface area (Å²) in [5.74, 6) is 0.640. The van der Waals surface area contributed by atoms with Gasteiger partial charge in [-0.3, -0.25) is 0 Å². The van der Waals surface area contributed by atoms with E-state index in [1.165, 1.54) is 0 Å². The minimum absolute atomic E-state index is 0.573. The van der Waals surface area contributed by atoms with E-state index in [-0.39, 0.29) is 0 Å². The van der Waals surface area contributed by atoms with Crippen LogP contribution < -0.4 is 9.64 Å². The number of likely N-dealkylation sites (N-methyl/N-ethyl adjacent to an activating group) is 1. The minimum atomic E-state index is -0.850. The van der Waals surface area contributed by atoms with Crippen LogP contribution in [0.25, 0.3) is 0 Å². The number of benzene rings is 2. The lowest BCUT2D eigenvalue weighted by Crippen LogP contribution is -2.35. The maximum absolute atomic E-state index is 11.0. The Bertz CT molecular complexity index is 566. The molecular weight excluding hydrogens is 254 g/mol. The van der Waals surface area contributed by atoms with Gasteiger partial charge in [0.25, 0.3) is 0 Å². The number of para-hydroxylation sites is 1. The number of ether oxygens (including phenoxy) is 1. The van der Waals surface area contributed by atoms with Gasteiger partial charge in [-0.15, -0.1) is 0 Å². The van der Waals surface area contributed by atoms with E-state index in [2.05, 4.69) is 0 Å². The minimum Gasteiger partial charge on any atom is -0.480 e. The van der Waals surface area contributed by atoms with Crippen LogP contribution >= 0.6 is 0 Å². The average molecular weight is 271 g/mol. The van der Waals surface area contributed by atoms with Gasteiger partial charge in [0, 0.05) is 12.7 Å². The Morgan fingerprint density at radius 3 is 2.15 bits per heavy atom. The molecule has 0 aliphatic rings. The second kappa shape index (κ2) is 6.10. The summed E-state index contributed by atoms with van der Waals surface area (Å²) in [4.78, 5) is 12.7. The third-order valence-corrected chi connectivity index (χ3v) is 3.16. The lowest BCUT2D eigenvalue weighted by atomic mass is 10.2. The summed E-state index contributed by atoms with van der Waals surface area (Å²) in [6, 6.07) is 16.3. The first kappa shape index (κ1) is 13.9. The molecule has 0 heterocycles. The highest BCUT2D eigenvalue weighted by atomic mass is 16.5. The summed E-state index contributed by atoms with van der Waals surface area (Å²) in [5.41, 5.74) is 0.834. The number of aliphatic carboxylic acids is 1. The fraction of sp³-hybridized carbons (Fsp3) is 0.188. The van der Waals surface area contributed by atoms with Crippen LogP contribution in [0.2, 0.25) is 0 Å². The molecule has 0 aliphatic carbocycles. The molecule has 0 bridgehead atoms. The van der Waals surface area contributed by atoms with E-state index in [0.717, 1.165) is 17.2 Å². The average Bonchev–Trinajstić information content (AvgIpc) is 2.47. The van der Waals surface area contributed by atoms with Crippen LogP contribution in [0.15, 0.2) is 54.6 Å². The summed E-state index contributed by atoms with van der Waals surface area (Å²) >= 11 is 0. The zero-order valence-corrected chi connectivity index (χ0v) is 11.5. The van der Waals surface area contributed by atoms with Crippen molar-refractivity contribution in [3.05, 3.63) is 54.6 Å². The van der Waals surface area contributed by atoms with Gasteiger partial charge in [-0.2, -0.15) is 0 Å². The lowest BCUT2D eigenvalue weighted by molar-refractivity contribution is -0.138. The van der Waals surface area contributed by atoms with Crippen LogP contribution in [0.1, 0.15) is 6.92 Å². The molecule has 0 radical (unpaired) electrons. The molecule has 0 aliphatic heterocycles. The predicted molar refractivity (Wildman–Crippen MR) is 78.5 cm³/mol. The van der Waals surface area contributed by atoms with Gasteiger partial charge in [-0.25, -0.2) is 4.79 Å². The molecule has 1 N–H and O–H groups in total. The highest BCUT2D eigenvalue weighted by Crippen LogP contribution is 2.24. The molecule has 2 aromatic rings. The third-order valence-electron chi connectivity index (χ3n) is 3.16. The van der Waals surface area contributed by atoms with E-state index >= 15 is 0 Å². The van der Waals surface area contributed by atoms with Gasteiger partial charge < -0.3 is 14.7 Å². The summed E-state index contributed by atoms with van der Waals surface area (Å²) < 4.78 is 5.69. The number of carboxylic acid groups (broad SMARTS) is 1. The summed E-state index contributed by atoms with van der Waals surface area (Å²) in [6.07, 6.45) is 0. The molecule has 4 nitrogen and oxygen atoms in total. The van der Waals surface area contributed by atoms with Crippen LogP contribution in [0.3, 0.4) is 0 Å². The van der Waals surface area contributed by atoms with Crippen molar-refractivity contribution >= 4 is 11.7 Å². The van der Waals surface area contributed by atoms with Gasteiger partial charge in [0.15, 0.2) is 0 Å². The summed E-state index contributed by atoms with van der Waals surface area (Å²) in [7, 11) is 1.76. The smallest absolute Gasteiger partial charge is 0.326 e. The lowest BCUT2D eigenvalue weighted by Gasteiger charge is -2.23. The zero-order chi connectivity index (χ0) is 14.5. The Morgan fingerprint density at radius 2 is 1.60 bits per heavy atom. The molecule has 0 fully saturated rings. The Hall–Kier alpha value is -2.49. The molecule has 1 atom stereocenters. The standard InChI is InChI=1S/C16H17NO3/c1-12(16(18)19)17(2)13-8-10-15(11-9-13)20-14-6-4-3-5-7-14/h3-12H,1-2H3,(H,18,19)/t12-/m1/s1. The number of hydrogen-bond donors (Lipinski definition) is 1. The van der Waals surface area contributed by atoms with E-state index in [4.69, 9.17) is 9.84 Å². The largest absolute Gasteiger partial charge is 0.480 e. The third kappa shape index (κ3) is 3.29. The number of rotatable bonds is 5. The second-order valence-corrected chi connectivity index (χ2v) is 4.53. The van der Waals surface area contributed by atoms with Gasteiger partial charge in [-0.1, -0.05) is 18.2 Å². The van der Waals surface area contributed by atoms with E-state index in [9.17, 15) is 4.79 Å². The van der Waals surface area contributed by atoms with Gasteiger partial charge >= 0.3 is 5.97 Å². The quantitative estimate of drug-likeness (QED) is 0.905. The number of anilines is 1. The Morgan fingerprint density at radius 1 is 1.05 bits per heavy atom. The predicted octanol–water partition coefficient (Wildman–Crippen LogP) is 3.39. The molecule has 0 saturated heterocycles. The van der Waals surface area contributed by atoms with Crippen molar-refractivity contribution in [2.75, 3.05) is 11.9 Å². The van der Waals surface area contributed by atoms with Crippen LogP contribution in [-0.2, 0) is 4.79 Å². The Kier molecular flexibility index (Phi) is 4.25. The molecule has 0 unspecified atom stereocenters. The summed E-state index contributed by atoms with van der Waals surface area (Å²) in [5, 5.41) is 9.00. The zero-order valence-electron chi connectivity index (χ0n) is 11.5. The topological polar surface area (TPSA) is 49.8 Å². The molecule has 4 heteroatoms. The molecule has 20 heavy (non-hydrogen) atoms. The van der Waals surface area contributed by atoms with Crippen molar-refractivity contribution in [2.24, 2.45) is 0 Å². The van der Waals surface area contributed by atoms with Gasteiger partial charge in [0.05, 0.1) is 0 Å². The molecular formula is C16H17NO3. The fourth-order valence-corrected chi connectivity index (χ4v) is 1.76. The number of nitrogens with zero attached hydrogens (tertiary/aromatic N) is 1. The molecule has 2 aromatic carbocycles. The molecule has 0 saturated carbocycles. The first-order valence-electron chi connectivity index (χ1n) is 6.36. The van der Waals surface area contributed by atoms with E-state index in [1.807, 2.05) is 54.6 Å². The monoisotopic (exact) mass is 271 g/mol. The maximum atomic E-state index is 11.0. The molecule has 0 amide bonds.